The van der Waals surface area contributed by atoms with Crippen molar-refractivity contribution in [1.29, 1.82) is 5.26 Å². The lowest BCUT2D eigenvalue weighted by molar-refractivity contribution is 0.246. The number of carbonyl (C=O) groups excluding carboxylic acids is 1. The predicted octanol–water partition coefficient (Wildman–Crippen LogP) is -0.547. The largest absolute Gasteiger partial charge is 0.392 e. The number of aliphatic hydroxyl groups is 1. The number of aliphatic hydroxyl groups excluding tert-OH is 1. The number of halogens is 1. The zero-order valence-corrected chi connectivity index (χ0v) is 8.64. The number of nitriles is 1. The summed E-state index contributed by atoms with van der Waals surface area (Å²) in [7, 11) is 0. The second kappa shape index (κ2) is 5.22. The van der Waals surface area contributed by atoms with Crippen LogP contribution in [0.2, 0.25) is 0 Å². The first-order valence-electron chi connectivity index (χ1n) is 4.44. The fraction of sp³-hybridized carbons (Fsp3) is 0.111. The summed E-state index contributed by atoms with van der Waals surface area (Å²) in [4.78, 5) is 11.2. The smallest absolute Gasteiger partial charge is 0.350 e. The van der Waals surface area contributed by atoms with Crippen LogP contribution in [0.15, 0.2) is 12.1 Å². The van der Waals surface area contributed by atoms with Crippen molar-refractivity contribution in [3.63, 3.8) is 0 Å². The van der Waals surface area contributed by atoms with E-state index in [-0.39, 0.29) is 16.8 Å². The van der Waals surface area contributed by atoms with E-state index in [1.807, 2.05) is 0 Å². The molecule has 6 N–H and O–H groups in total. The number of hydrogen-bond acceptors (Lipinski definition) is 5. The fourth-order valence-electron chi connectivity index (χ4n) is 1.29. The molecule has 0 aliphatic carbocycles. The molecule has 8 heteroatoms. The van der Waals surface area contributed by atoms with Crippen molar-refractivity contribution in [2.75, 3.05) is 5.01 Å². The van der Waals surface area contributed by atoms with E-state index in [0.29, 0.717) is 5.01 Å². The highest BCUT2D eigenvalue weighted by atomic mass is 19.1. The maximum Gasteiger partial charge on any atom is 0.350 e. The Morgan fingerprint density at radius 3 is 2.76 bits per heavy atom. The molecular formula is C9H10FN5O2. The van der Waals surface area contributed by atoms with Gasteiger partial charge in [-0.3, -0.25) is 5.43 Å². The number of carbonyl (C=O) groups is 1. The molecule has 17 heavy (non-hydrogen) atoms. The summed E-state index contributed by atoms with van der Waals surface area (Å²) in [6, 6.07) is 2.85. The van der Waals surface area contributed by atoms with Crippen molar-refractivity contribution in [2.45, 2.75) is 6.61 Å². The van der Waals surface area contributed by atoms with Crippen molar-refractivity contribution in [2.24, 2.45) is 11.7 Å². The second-order valence-electron chi connectivity index (χ2n) is 3.01. The van der Waals surface area contributed by atoms with Crippen molar-refractivity contribution in [1.82, 2.24) is 5.43 Å². The van der Waals surface area contributed by atoms with E-state index in [9.17, 15) is 9.18 Å². The summed E-state index contributed by atoms with van der Waals surface area (Å²) >= 11 is 0. The molecule has 0 heterocycles. The van der Waals surface area contributed by atoms with E-state index in [2.05, 4.69) is 0 Å². The van der Waals surface area contributed by atoms with Crippen LogP contribution in [0.3, 0.4) is 0 Å². The molecule has 1 rings (SSSR count). The molecule has 7 nitrogen and oxygen atoms in total. The maximum absolute atomic E-state index is 13.2. The topological polar surface area (TPSA) is 128 Å². The van der Waals surface area contributed by atoms with Crippen LogP contribution < -0.4 is 22.1 Å². The van der Waals surface area contributed by atoms with Crippen LogP contribution in [0.5, 0.6) is 0 Å². The minimum absolute atomic E-state index is 0.00611. The van der Waals surface area contributed by atoms with Crippen LogP contribution in [0.25, 0.3) is 0 Å². The van der Waals surface area contributed by atoms with E-state index >= 15 is 0 Å². The van der Waals surface area contributed by atoms with E-state index in [0.717, 1.165) is 12.1 Å². The summed E-state index contributed by atoms with van der Waals surface area (Å²) in [6.07, 6.45) is 0. The lowest BCUT2D eigenvalue weighted by Crippen LogP contribution is -2.48. The SMILES string of the molecule is N#Cc1c(F)ccc(N(N)C(=O)NN)c1CO. The molecule has 0 saturated carbocycles. The highest BCUT2D eigenvalue weighted by Crippen LogP contribution is 2.24. The van der Waals surface area contributed by atoms with Crippen LogP contribution >= 0.6 is 0 Å². The Labute approximate surface area is 96.0 Å². The molecule has 0 saturated heterocycles. The van der Waals surface area contributed by atoms with Crippen molar-refractivity contribution in [3.05, 3.63) is 29.1 Å². The molecule has 0 aromatic heterocycles. The first kappa shape index (κ1) is 12.9. The minimum atomic E-state index is -0.866. The molecule has 0 atom stereocenters. The number of amides is 2. The lowest BCUT2D eigenvalue weighted by atomic mass is 10.1. The van der Waals surface area contributed by atoms with Gasteiger partial charge in [0.05, 0.1) is 17.9 Å². The summed E-state index contributed by atoms with van der Waals surface area (Å²) in [5, 5.41) is 18.4. The van der Waals surface area contributed by atoms with Gasteiger partial charge in [-0.2, -0.15) is 5.26 Å². The van der Waals surface area contributed by atoms with Gasteiger partial charge in [0, 0.05) is 5.56 Å². The maximum atomic E-state index is 13.2. The lowest BCUT2D eigenvalue weighted by Gasteiger charge is -2.19. The van der Waals surface area contributed by atoms with Crippen LogP contribution in [0, 0.1) is 17.1 Å². The zero-order chi connectivity index (χ0) is 13.0. The van der Waals surface area contributed by atoms with Crippen LogP contribution in [0.1, 0.15) is 11.1 Å². The molecule has 0 spiro atoms. The van der Waals surface area contributed by atoms with E-state index in [4.69, 9.17) is 22.1 Å². The minimum Gasteiger partial charge on any atom is -0.392 e. The Balaban J connectivity index is 3.36. The summed E-state index contributed by atoms with van der Waals surface area (Å²) in [5.74, 6) is 9.47. The normalized spacial score (nSPS) is 9.59. The Hall–Kier alpha value is -2.21. The summed E-state index contributed by atoms with van der Waals surface area (Å²) in [6.45, 7) is -0.637. The number of hydrazine groups is 2. The Morgan fingerprint density at radius 2 is 2.29 bits per heavy atom. The van der Waals surface area contributed by atoms with Gasteiger partial charge in [0.25, 0.3) is 0 Å². The zero-order valence-electron chi connectivity index (χ0n) is 8.64. The van der Waals surface area contributed by atoms with Crippen molar-refractivity contribution >= 4 is 11.7 Å². The number of nitrogens with one attached hydrogen (secondary N) is 1. The molecule has 0 radical (unpaired) electrons. The summed E-state index contributed by atoms with van der Waals surface area (Å²) < 4.78 is 13.2. The van der Waals surface area contributed by atoms with E-state index < -0.39 is 18.5 Å². The Bertz CT molecular complexity index is 485. The van der Waals surface area contributed by atoms with E-state index in [1.165, 1.54) is 0 Å². The van der Waals surface area contributed by atoms with Crippen LogP contribution in [-0.2, 0) is 6.61 Å². The number of rotatable bonds is 2. The molecule has 1 aromatic rings. The monoisotopic (exact) mass is 239 g/mol. The van der Waals surface area contributed by atoms with Gasteiger partial charge in [-0.25, -0.2) is 25.9 Å². The number of anilines is 1. The summed E-state index contributed by atoms with van der Waals surface area (Å²) in [5.41, 5.74) is 1.31. The Morgan fingerprint density at radius 1 is 1.65 bits per heavy atom. The average Bonchev–Trinajstić information content (AvgIpc) is 2.36. The first-order chi connectivity index (χ1) is 8.06. The molecule has 0 fully saturated rings. The molecule has 0 aliphatic heterocycles. The third-order valence-corrected chi connectivity index (χ3v) is 2.11. The molecule has 0 aliphatic rings. The van der Waals surface area contributed by atoms with Gasteiger partial charge < -0.3 is 5.11 Å². The number of nitrogens with zero attached hydrogens (tertiary/aromatic N) is 2. The van der Waals surface area contributed by atoms with Gasteiger partial charge >= 0.3 is 6.03 Å². The number of nitrogens with two attached hydrogens (primary N) is 2. The average molecular weight is 239 g/mol. The number of hydrogen-bond donors (Lipinski definition) is 4. The first-order valence-corrected chi connectivity index (χ1v) is 4.44. The van der Waals surface area contributed by atoms with Crippen LogP contribution in [-0.4, -0.2) is 11.1 Å². The highest BCUT2D eigenvalue weighted by Gasteiger charge is 2.19. The second-order valence-corrected chi connectivity index (χ2v) is 3.01. The quantitative estimate of drug-likeness (QED) is 0.313. The van der Waals surface area contributed by atoms with Gasteiger partial charge in [-0.15, -0.1) is 0 Å². The molecular weight excluding hydrogens is 229 g/mol. The molecule has 0 bridgehead atoms. The van der Waals surface area contributed by atoms with Gasteiger partial charge in [0.2, 0.25) is 0 Å². The van der Waals surface area contributed by atoms with Crippen molar-refractivity contribution in [3.8, 4) is 6.07 Å². The third-order valence-electron chi connectivity index (χ3n) is 2.11. The third kappa shape index (κ3) is 2.31. The van der Waals surface area contributed by atoms with E-state index in [1.54, 1.807) is 11.5 Å². The molecule has 0 unspecified atom stereocenters. The van der Waals surface area contributed by atoms with Crippen molar-refractivity contribution < 1.29 is 14.3 Å². The van der Waals surface area contributed by atoms with Crippen LogP contribution in [0.4, 0.5) is 14.9 Å². The highest BCUT2D eigenvalue weighted by molar-refractivity contribution is 5.91. The van der Waals surface area contributed by atoms with Gasteiger partial charge in [-0.1, -0.05) is 0 Å². The standard InChI is InChI=1S/C9H10FN5O2/c10-7-1-2-8(15(13)9(17)14-12)6(4-16)5(7)3-11/h1-2,16H,4,12-13H2,(H,14,17). The number of urea groups is 1. The van der Waals surface area contributed by atoms with Gasteiger partial charge in [-0.05, 0) is 12.1 Å². The molecule has 2 amide bonds. The fourth-order valence-corrected chi connectivity index (χ4v) is 1.29. The van der Waals surface area contributed by atoms with Gasteiger partial charge in [0.15, 0.2) is 0 Å². The number of benzene rings is 1. The molecule has 1 aromatic carbocycles. The molecule has 90 valence electrons. The Kier molecular flexibility index (Phi) is 3.95. The predicted molar refractivity (Wildman–Crippen MR) is 56.4 cm³/mol. The van der Waals surface area contributed by atoms with Gasteiger partial charge in [0.1, 0.15) is 11.9 Å².